The first-order valence-corrected chi connectivity index (χ1v) is 7.32. The van der Waals surface area contributed by atoms with Crippen LogP contribution < -0.4 is 10.6 Å². The highest BCUT2D eigenvalue weighted by atomic mass is 19.1. The number of benzene rings is 1. The molecule has 0 spiro atoms. The first-order valence-electron chi connectivity index (χ1n) is 7.32. The monoisotopic (exact) mass is 278 g/mol. The Balaban J connectivity index is 1.87. The van der Waals surface area contributed by atoms with E-state index in [1.54, 1.807) is 13.0 Å². The zero-order valence-corrected chi connectivity index (χ0v) is 12.2. The molecule has 0 aromatic heterocycles. The second-order valence-corrected chi connectivity index (χ2v) is 5.71. The van der Waals surface area contributed by atoms with Crippen LogP contribution in [0.25, 0.3) is 0 Å². The summed E-state index contributed by atoms with van der Waals surface area (Å²) in [5, 5.41) is 6.27. The van der Waals surface area contributed by atoms with Gasteiger partial charge >= 0.3 is 0 Å². The molecular weight excluding hydrogens is 255 g/mol. The normalized spacial score (nSPS) is 20.4. The van der Waals surface area contributed by atoms with E-state index in [0.29, 0.717) is 17.9 Å². The molecule has 0 radical (unpaired) electrons. The molecule has 1 amide bonds. The van der Waals surface area contributed by atoms with Crippen LogP contribution in [0.5, 0.6) is 0 Å². The molecule has 1 saturated heterocycles. The number of piperidine rings is 1. The van der Waals surface area contributed by atoms with Gasteiger partial charge in [-0.15, -0.1) is 0 Å². The van der Waals surface area contributed by atoms with Gasteiger partial charge in [0.15, 0.2) is 0 Å². The van der Waals surface area contributed by atoms with Gasteiger partial charge in [0.05, 0.1) is 6.04 Å². The van der Waals surface area contributed by atoms with Crippen molar-refractivity contribution in [1.82, 2.24) is 10.6 Å². The highest BCUT2D eigenvalue weighted by Crippen LogP contribution is 2.18. The van der Waals surface area contributed by atoms with Crippen LogP contribution >= 0.6 is 0 Å². The summed E-state index contributed by atoms with van der Waals surface area (Å²) in [6, 6.07) is 4.96. The number of carbonyl (C=O) groups excluding carboxylic acids is 1. The Labute approximate surface area is 120 Å². The minimum Gasteiger partial charge on any atom is -0.350 e. The third-order valence-electron chi connectivity index (χ3n) is 3.95. The van der Waals surface area contributed by atoms with Crippen LogP contribution in [0.1, 0.15) is 43.4 Å². The summed E-state index contributed by atoms with van der Waals surface area (Å²) >= 11 is 0. The number of hydrogen-bond donors (Lipinski definition) is 2. The minimum atomic E-state index is -0.222. The van der Waals surface area contributed by atoms with Crippen LogP contribution in [0.3, 0.4) is 0 Å². The number of amides is 1. The third-order valence-corrected chi connectivity index (χ3v) is 3.95. The van der Waals surface area contributed by atoms with Crippen LogP contribution in [0, 0.1) is 18.7 Å². The predicted molar refractivity (Wildman–Crippen MR) is 77.9 cm³/mol. The molecule has 2 rings (SSSR count). The van der Waals surface area contributed by atoms with Crippen molar-refractivity contribution >= 4 is 5.91 Å². The fourth-order valence-corrected chi connectivity index (χ4v) is 2.62. The first-order chi connectivity index (χ1) is 9.56. The lowest BCUT2D eigenvalue weighted by atomic mass is 9.95. The van der Waals surface area contributed by atoms with Gasteiger partial charge in [0.1, 0.15) is 5.82 Å². The van der Waals surface area contributed by atoms with Gasteiger partial charge in [-0.25, -0.2) is 4.39 Å². The third kappa shape index (κ3) is 4.04. The Hall–Kier alpha value is -1.42. The van der Waals surface area contributed by atoms with E-state index in [-0.39, 0.29) is 17.8 Å². The number of rotatable bonds is 4. The molecule has 4 heteroatoms. The smallest absolute Gasteiger partial charge is 0.220 e. The van der Waals surface area contributed by atoms with E-state index in [4.69, 9.17) is 0 Å². The maximum Gasteiger partial charge on any atom is 0.220 e. The quantitative estimate of drug-likeness (QED) is 0.889. The van der Waals surface area contributed by atoms with Crippen LogP contribution in [-0.4, -0.2) is 19.0 Å². The van der Waals surface area contributed by atoms with Gasteiger partial charge in [-0.05, 0) is 62.9 Å². The molecule has 20 heavy (non-hydrogen) atoms. The van der Waals surface area contributed by atoms with Gasteiger partial charge in [-0.1, -0.05) is 12.1 Å². The van der Waals surface area contributed by atoms with Gasteiger partial charge in [0.25, 0.3) is 0 Å². The Kier molecular flexibility index (Phi) is 5.12. The maximum absolute atomic E-state index is 13.5. The van der Waals surface area contributed by atoms with E-state index >= 15 is 0 Å². The molecule has 1 heterocycles. The average Bonchev–Trinajstić information content (AvgIpc) is 2.42. The molecular formula is C16H23FN2O. The fraction of sp³-hybridized carbons (Fsp3) is 0.562. The van der Waals surface area contributed by atoms with Crippen molar-refractivity contribution in [3.63, 3.8) is 0 Å². The Morgan fingerprint density at radius 3 is 3.00 bits per heavy atom. The lowest BCUT2D eigenvalue weighted by Crippen LogP contribution is -2.35. The van der Waals surface area contributed by atoms with E-state index in [0.717, 1.165) is 31.5 Å². The zero-order valence-electron chi connectivity index (χ0n) is 12.2. The molecule has 1 aliphatic rings. The lowest BCUT2D eigenvalue weighted by Gasteiger charge is -2.23. The van der Waals surface area contributed by atoms with Gasteiger partial charge in [-0.3, -0.25) is 4.79 Å². The molecule has 2 unspecified atom stereocenters. The molecule has 2 atom stereocenters. The molecule has 0 bridgehead atoms. The van der Waals surface area contributed by atoms with E-state index < -0.39 is 0 Å². The fourth-order valence-electron chi connectivity index (χ4n) is 2.62. The van der Waals surface area contributed by atoms with E-state index in [2.05, 4.69) is 10.6 Å². The van der Waals surface area contributed by atoms with E-state index in [1.807, 2.05) is 13.0 Å². The highest BCUT2D eigenvalue weighted by molar-refractivity contribution is 5.76. The molecule has 3 nitrogen and oxygen atoms in total. The zero-order chi connectivity index (χ0) is 14.5. The Morgan fingerprint density at radius 2 is 2.35 bits per heavy atom. The number of halogens is 1. The van der Waals surface area contributed by atoms with Crippen molar-refractivity contribution in [2.45, 2.75) is 39.2 Å². The summed E-state index contributed by atoms with van der Waals surface area (Å²) in [5.41, 5.74) is 1.43. The first kappa shape index (κ1) is 15.0. The second kappa shape index (κ2) is 6.84. The average molecular weight is 278 g/mol. The Bertz CT molecular complexity index is 470. The molecule has 1 aromatic carbocycles. The highest BCUT2D eigenvalue weighted by Gasteiger charge is 2.18. The molecule has 0 saturated carbocycles. The lowest BCUT2D eigenvalue weighted by molar-refractivity contribution is -0.122. The molecule has 2 N–H and O–H groups in total. The summed E-state index contributed by atoms with van der Waals surface area (Å²) in [7, 11) is 0. The largest absolute Gasteiger partial charge is 0.350 e. The topological polar surface area (TPSA) is 41.1 Å². The summed E-state index contributed by atoms with van der Waals surface area (Å²) in [5.74, 6) is 0.248. The standard InChI is InChI=1S/C16H23FN2O/c1-11-5-6-14(9-15(11)17)12(2)19-16(20)8-13-4-3-7-18-10-13/h5-6,9,12-13,18H,3-4,7-8,10H2,1-2H3,(H,19,20). The van der Waals surface area contributed by atoms with Crippen molar-refractivity contribution in [3.8, 4) is 0 Å². The maximum atomic E-state index is 13.5. The summed E-state index contributed by atoms with van der Waals surface area (Å²) < 4.78 is 13.5. The minimum absolute atomic E-state index is 0.0483. The summed E-state index contributed by atoms with van der Waals surface area (Å²) in [4.78, 5) is 12.0. The van der Waals surface area contributed by atoms with Gasteiger partial charge in [0, 0.05) is 6.42 Å². The number of carbonyl (C=O) groups is 1. The molecule has 0 aliphatic carbocycles. The van der Waals surface area contributed by atoms with Crippen molar-refractivity contribution in [2.24, 2.45) is 5.92 Å². The van der Waals surface area contributed by atoms with Crippen molar-refractivity contribution in [2.75, 3.05) is 13.1 Å². The molecule has 1 fully saturated rings. The van der Waals surface area contributed by atoms with Crippen molar-refractivity contribution in [3.05, 3.63) is 35.1 Å². The van der Waals surface area contributed by atoms with Gasteiger partial charge < -0.3 is 10.6 Å². The SMILES string of the molecule is Cc1ccc(C(C)NC(=O)CC2CCCNC2)cc1F. The predicted octanol–water partition coefficient (Wildman–Crippen LogP) is 2.70. The number of nitrogens with one attached hydrogen (secondary N) is 2. The van der Waals surface area contributed by atoms with Crippen LogP contribution in [-0.2, 0) is 4.79 Å². The summed E-state index contributed by atoms with van der Waals surface area (Å²) in [6.45, 7) is 5.59. The molecule has 110 valence electrons. The van der Waals surface area contributed by atoms with Gasteiger partial charge in [-0.2, -0.15) is 0 Å². The van der Waals surface area contributed by atoms with Crippen LogP contribution in [0.15, 0.2) is 18.2 Å². The number of hydrogen-bond acceptors (Lipinski definition) is 2. The summed E-state index contributed by atoms with van der Waals surface area (Å²) in [6.07, 6.45) is 2.79. The van der Waals surface area contributed by atoms with E-state index in [9.17, 15) is 9.18 Å². The second-order valence-electron chi connectivity index (χ2n) is 5.71. The van der Waals surface area contributed by atoms with Gasteiger partial charge in [0.2, 0.25) is 5.91 Å². The van der Waals surface area contributed by atoms with Crippen molar-refractivity contribution < 1.29 is 9.18 Å². The Morgan fingerprint density at radius 1 is 1.55 bits per heavy atom. The van der Waals surface area contributed by atoms with E-state index in [1.165, 1.54) is 6.07 Å². The van der Waals surface area contributed by atoms with Crippen molar-refractivity contribution in [1.29, 1.82) is 0 Å². The van der Waals surface area contributed by atoms with Crippen LogP contribution in [0.4, 0.5) is 4.39 Å². The van der Waals surface area contributed by atoms with Crippen LogP contribution in [0.2, 0.25) is 0 Å². The number of aryl methyl sites for hydroxylation is 1. The molecule has 1 aromatic rings. The molecule has 1 aliphatic heterocycles.